The Morgan fingerprint density at radius 3 is 1.71 bits per heavy atom. The van der Waals surface area contributed by atoms with Crippen LogP contribution in [0.5, 0.6) is 0 Å². The number of aromatic nitrogens is 2. The summed E-state index contributed by atoms with van der Waals surface area (Å²) in [6, 6.07) is 8.07. The first-order chi connectivity index (χ1) is 15.2. The van der Waals surface area contributed by atoms with Crippen LogP contribution in [0, 0.1) is 0 Å². The Bertz CT molecular complexity index is 706. The number of hydrogen-bond acceptors (Lipinski definition) is 6. The zero-order valence-corrected chi connectivity index (χ0v) is 19.4. The number of pyridine rings is 2. The van der Waals surface area contributed by atoms with Crippen molar-refractivity contribution in [1.29, 1.82) is 0 Å². The third-order valence-corrected chi connectivity index (χ3v) is 6.03. The summed E-state index contributed by atoms with van der Waals surface area (Å²) in [7, 11) is 0. The molecular formula is C21H32N8S2. The molecule has 0 radical (unpaired) electrons. The number of guanidine groups is 2. The van der Waals surface area contributed by atoms with Gasteiger partial charge in [-0.15, -0.1) is 0 Å². The molecule has 0 fully saturated rings. The van der Waals surface area contributed by atoms with Crippen molar-refractivity contribution < 1.29 is 0 Å². The highest BCUT2D eigenvalue weighted by molar-refractivity contribution is 7.98. The van der Waals surface area contributed by atoms with Crippen LogP contribution in [0.25, 0.3) is 0 Å². The average Bonchev–Trinajstić information content (AvgIpc) is 2.80. The first-order valence-corrected chi connectivity index (χ1v) is 12.6. The van der Waals surface area contributed by atoms with E-state index in [1.165, 1.54) is 11.1 Å². The number of nitrogens with zero attached hydrogens (tertiary/aromatic N) is 4. The van der Waals surface area contributed by atoms with E-state index in [4.69, 9.17) is 11.5 Å². The van der Waals surface area contributed by atoms with Gasteiger partial charge in [0, 0.05) is 74.0 Å². The van der Waals surface area contributed by atoms with Crippen molar-refractivity contribution >= 4 is 35.4 Å². The van der Waals surface area contributed by atoms with Gasteiger partial charge in [-0.05, 0) is 29.7 Å². The number of thioether (sulfide) groups is 2. The first kappa shape index (κ1) is 24.8. The molecule has 6 N–H and O–H groups in total. The van der Waals surface area contributed by atoms with Crippen LogP contribution in [0.15, 0.2) is 59.0 Å². The Labute approximate surface area is 193 Å². The van der Waals surface area contributed by atoms with E-state index in [1.54, 1.807) is 12.4 Å². The minimum absolute atomic E-state index is 0.475. The largest absolute Gasteiger partial charge is 0.370 e. The summed E-state index contributed by atoms with van der Waals surface area (Å²) in [5, 5.41) is 6.26. The van der Waals surface area contributed by atoms with Crippen LogP contribution in [0.2, 0.25) is 0 Å². The van der Waals surface area contributed by atoms with Gasteiger partial charge in [0.2, 0.25) is 0 Å². The van der Waals surface area contributed by atoms with Gasteiger partial charge in [0.1, 0.15) is 0 Å². The highest BCUT2D eigenvalue weighted by Crippen LogP contribution is 2.10. The predicted molar refractivity (Wildman–Crippen MR) is 134 cm³/mol. The highest BCUT2D eigenvalue weighted by atomic mass is 32.2. The molecule has 0 bridgehead atoms. The Kier molecular flexibility index (Phi) is 13.0. The lowest BCUT2D eigenvalue weighted by Crippen LogP contribution is -2.34. The maximum atomic E-state index is 5.89. The normalized spacial score (nSPS) is 12.0. The smallest absolute Gasteiger partial charge is 0.188 e. The van der Waals surface area contributed by atoms with Crippen LogP contribution in [0.4, 0.5) is 0 Å². The van der Waals surface area contributed by atoms with Gasteiger partial charge in [0.05, 0.1) is 0 Å². The molecule has 168 valence electrons. The van der Waals surface area contributed by atoms with E-state index in [1.807, 2.05) is 48.1 Å². The third kappa shape index (κ3) is 12.7. The highest BCUT2D eigenvalue weighted by Gasteiger charge is 1.96. The van der Waals surface area contributed by atoms with Gasteiger partial charge in [0.25, 0.3) is 0 Å². The fourth-order valence-corrected chi connectivity index (χ4v) is 4.03. The lowest BCUT2D eigenvalue weighted by atomic mass is 10.3. The molecule has 0 saturated heterocycles. The molecule has 0 aliphatic heterocycles. The summed E-state index contributed by atoms with van der Waals surface area (Å²) in [6.45, 7) is 2.82. The first-order valence-electron chi connectivity index (χ1n) is 10.2. The molecule has 0 atom stereocenters. The SMILES string of the molecule is NC(=NCCCN=C(N)NCCSCc1cccnc1)NCCSCc1cccnc1. The van der Waals surface area contributed by atoms with E-state index in [2.05, 4.69) is 42.7 Å². The van der Waals surface area contributed by atoms with E-state index in [-0.39, 0.29) is 0 Å². The topological polar surface area (TPSA) is 127 Å². The molecular weight excluding hydrogens is 428 g/mol. The van der Waals surface area contributed by atoms with Gasteiger partial charge in [0.15, 0.2) is 11.9 Å². The molecule has 0 saturated carbocycles. The Balaban J connectivity index is 1.43. The average molecular weight is 461 g/mol. The van der Waals surface area contributed by atoms with Gasteiger partial charge in [-0.25, -0.2) is 0 Å². The molecule has 0 unspecified atom stereocenters. The monoisotopic (exact) mass is 460 g/mol. The van der Waals surface area contributed by atoms with Crippen molar-refractivity contribution in [2.24, 2.45) is 21.5 Å². The Hall–Kier alpha value is -2.46. The van der Waals surface area contributed by atoms with Crippen molar-refractivity contribution in [3.05, 3.63) is 60.2 Å². The van der Waals surface area contributed by atoms with Gasteiger partial charge < -0.3 is 22.1 Å². The fraction of sp³-hybridized carbons (Fsp3) is 0.429. The second kappa shape index (κ2) is 16.3. The maximum absolute atomic E-state index is 5.89. The molecule has 0 spiro atoms. The van der Waals surface area contributed by atoms with E-state index < -0.39 is 0 Å². The lowest BCUT2D eigenvalue weighted by Gasteiger charge is -2.06. The van der Waals surface area contributed by atoms with Crippen molar-refractivity contribution in [2.45, 2.75) is 17.9 Å². The third-order valence-electron chi connectivity index (χ3n) is 3.97. The molecule has 31 heavy (non-hydrogen) atoms. The van der Waals surface area contributed by atoms with Gasteiger partial charge in [-0.1, -0.05) is 12.1 Å². The molecule has 0 aromatic carbocycles. The number of rotatable bonds is 14. The van der Waals surface area contributed by atoms with E-state index in [0.29, 0.717) is 25.0 Å². The fourth-order valence-electron chi connectivity index (χ4n) is 2.43. The summed E-state index contributed by atoms with van der Waals surface area (Å²) >= 11 is 3.67. The quantitative estimate of drug-likeness (QED) is 0.191. The number of nitrogens with two attached hydrogens (primary N) is 2. The summed E-state index contributed by atoms with van der Waals surface area (Å²) < 4.78 is 0. The number of hydrogen-bond donors (Lipinski definition) is 4. The van der Waals surface area contributed by atoms with Crippen molar-refractivity contribution in [2.75, 3.05) is 37.7 Å². The van der Waals surface area contributed by atoms with E-state index >= 15 is 0 Å². The van der Waals surface area contributed by atoms with Crippen LogP contribution in [0.1, 0.15) is 17.5 Å². The molecule has 2 rings (SSSR count). The van der Waals surface area contributed by atoms with Gasteiger partial charge in [-0.2, -0.15) is 23.5 Å². The van der Waals surface area contributed by atoms with Crippen molar-refractivity contribution in [3.63, 3.8) is 0 Å². The second-order valence-corrected chi connectivity index (χ2v) is 8.78. The molecule has 8 nitrogen and oxygen atoms in total. The predicted octanol–water partition coefficient (Wildman–Crippen LogP) is 1.84. The Morgan fingerprint density at radius 2 is 1.29 bits per heavy atom. The van der Waals surface area contributed by atoms with E-state index in [0.717, 1.165) is 42.5 Å². The molecule has 2 heterocycles. The van der Waals surface area contributed by atoms with Gasteiger partial charge >= 0.3 is 0 Å². The summed E-state index contributed by atoms with van der Waals surface area (Å²) in [4.78, 5) is 16.9. The summed E-state index contributed by atoms with van der Waals surface area (Å²) in [6.07, 6.45) is 8.16. The Morgan fingerprint density at radius 1 is 0.806 bits per heavy atom. The summed E-state index contributed by atoms with van der Waals surface area (Å²) in [5.74, 6) is 4.76. The lowest BCUT2D eigenvalue weighted by molar-refractivity contribution is 0.821. The molecule has 2 aromatic rings. The standard InChI is InChI=1S/C21H32N8S2/c22-20(28-10-12-30-16-18-4-1-6-24-14-18)26-8-3-9-27-21(23)29-11-13-31-17-19-5-2-7-25-15-19/h1-2,4-7,14-15H,3,8-13,16-17H2,(H3,22,26,28)(H3,23,27,29). The molecule has 10 heteroatoms. The minimum atomic E-state index is 0.475. The second-order valence-electron chi connectivity index (χ2n) is 6.57. The van der Waals surface area contributed by atoms with Gasteiger partial charge in [-0.3, -0.25) is 20.0 Å². The molecule has 0 amide bonds. The van der Waals surface area contributed by atoms with E-state index in [9.17, 15) is 0 Å². The van der Waals surface area contributed by atoms with Crippen LogP contribution < -0.4 is 22.1 Å². The number of aliphatic imine (C=N–C) groups is 2. The maximum Gasteiger partial charge on any atom is 0.188 e. The van der Waals surface area contributed by atoms with Crippen LogP contribution in [0.3, 0.4) is 0 Å². The van der Waals surface area contributed by atoms with Crippen LogP contribution >= 0.6 is 23.5 Å². The number of nitrogens with one attached hydrogen (secondary N) is 2. The molecule has 2 aromatic heterocycles. The van der Waals surface area contributed by atoms with Crippen molar-refractivity contribution in [1.82, 2.24) is 20.6 Å². The zero-order valence-electron chi connectivity index (χ0n) is 17.7. The molecule has 0 aliphatic carbocycles. The van der Waals surface area contributed by atoms with Crippen LogP contribution in [-0.2, 0) is 11.5 Å². The molecule has 0 aliphatic rings. The summed E-state index contributed by atoms with van der Waals surface area (Å²) in [5.41, 5.74) is 14.2. The minimum Gasteiger partial charge on any atom is -0.370 e. The van der Waals surface area contributed by atoms with Crippen LogP contribution in [-0.4, -0.2) is 59.6 Å². The van der Waals surface area contributed by atoms with Crippen molar-refractivity contribution in [3.8, 4) is 0 Å². The zero-order chi connectivity index (χ0) is 22.0.